The summed E-state index contributed by atoms with van der Waals surface area (Å²) in [6.07, 6.45) is 5.65. The molecule has 1 amide bonds. The summed E-state index contributed by atoms with van der Waals surface area (Å²) in [6, 6.07) is 10.5. The van der Waals surface area contributed by atoms with Crippen LogP contribution < -0.4 is 10.0 Å². The van der Waals surface area contributed by atoms with E-state index in [0.717, 1.165) is 21.1 Å². The summed E-state index contributed by atoms with van der Waals surface area (Å²) in [4.78, 5) is 13.4. The van der Waals surface area contributed by atoms with Crippen molar-refractivity contribution in [2.45, 2.75) is 29.4 Å². The van der Waals surface area contributed by atoms with E-state index < -0.39 is 10.0 Å². The number of rotatable bonds is 8. The van der Waals surface area contributed by atoms with Gasteiger partial charge < -0.3 is 9.84 Å². The van der Waals surface area contributed by atoms with Crippen LogP contribution in [0.15, 0.2) is 50.0 Å². The number of thioether (sulfide) groups is 1. The smallest absolute Gasteiger partial charge is 0.271 e. The maximum atomic E-state index is 12.7. The average Bonchev–Trinajstić information content (AvgIpc) is 3.34. The van der Waals surface area contributed by atoms with E-state index >= 15 is 0 Å². The Bertz CT molecular complexity index is 1180. The number of nitrogens with zero attached hydrogens (tertiary/aromatic N) is 1. The van der Waals surface area contributed by atoms with Crippen LogP contribution in [-0.4, -0.2) is 25.7 Å². The van der Waals surface area contributed by atoms with Gasteiger partial charge in [0.25, 0.3) is 10.0 Å². The Morgan fingerprint density at radius 3 is 2.80 bits per heavy atom. The number of amides is 1. The van der Waals surface area contributed by atoms with E-state index in [1.807, 2.05) is 12.3 Å². The first-order valence-corrected chi connectivity index (χ1v) is 12.6. The maximum absolute atomic E-state index is 12.7. The van der Waals surface area contributed by atoms with Crippen molar-refractivity contribution in [3.63, 3.8) is 0 Å². The lowest BCUT2D eigenvalue weighted by molar-refractivity contribution is -0.115. The summed E-state index contributed by atoms with van der Waals surface area (Å²) in [5, 5.41) is 6.64. The molecule has 0 aliphatic carbocycles. The highest BCUT2D eigenvalue weighted by molar-refractivity contribution is 7.98. The maximum Gasteiger partial charge on any atom is 0.271 e. The molecule has 2 heterocycles. The summed E-state index contributed by atoms with van der Waals surface area (Å²) < 4.78 is 33.4. The van der Waals surface area contributed by atoms with Crippen LogP contribution in [0.4, 0.5) is 11.4 Å². The number of hydrogen-bond donors (Lipinski definition) is 2. The third kappa shape index (κ3) is 5.32. The number of nitrogens with one attached hydrogen (secondary N) is 2. The SMILES string of the molecule is CCC(=O)Nc1c(C)noc1/C=C/c1ccc(S(=O)(=O)Nc2cccc(SC)c2)s1. The third-order valence-electron chi connectivity index (χ3n) is 4.06. The molecule has 0 saturated carbocycles. The summed E-state index contributed by atoms with van der Waals surface area (Å²) in [7, 11) is -3.69. The van der Waals surface area contributed by atoms with Gasteiger partial charge in [-0.05, 0) is 55.7 Å². The number of sulfonamides is 1. The number of anilines is 2. The molecule has 0 saturated heterocycles. The van der Waals surface area contributed by atoms with Gasteiger partial charge in [-0.15, -0.1) is 23.1 Å². The lowest BCUT2D eigenvalue weighted by atomic mass is 10.2. The fourth-order valence-corrected chi connectivity index (χ4v) is 5.24. The van der Waals surface area contributed by atoms with Gasteiger partial charge in [0, 0.05) is 21.9 Å². The second kappa shape index (κ2) is 9.50. The van der Waals surface area contributed by atoms with Gasteiger partial charge in [-0.2, -0.15) is 0 Å². The van der Waals surface area contributed by atoms with Crippen molar-refractivity contribution in [2.75, 3.05) is 16.3 Å². The summed E-state index contributed by atoms with van der Waals surface area (Å²) in [5.74, 6) is 0.260. The van der Waals surface area contributed by atoms with Crippen LogP contribution in [-0.2, 0) is 14.8 Å². The minimum atomic E-state index is -3.69. The van der Waals surface area contributed by atoms with Crippen molar-refractivity contribution in [2.24, 2.45) is 0 Å². The second-order valence-corrected chi connectivity index (χ2v) is 10.1. The number of carbonyl (C=O) groups excluding carboxylic acids is 1. The van der Waals surface area contributed by atoms with Crippen molar-refractivity contribution in [3.05, 3.63) is 52.7 Å². The minimum Gasteiger partial charge on any atom is -0.354 e. The zero-order valence-electron chi connectivity index (χ0n) is 16.6. The molecule has 2 N–H and O–H groups in total. The number of benzene rings is 1. The summed E-state index contributed by atoms with van der Waals surface area (Å²) in [6.45, 7) is 3.49. The molecule has 0 spiro atoms. The average molecular weight is 464 g/mol. The molecule has 0 bridgehead atoms. The Kier molecular flexibility index (Phi) is 7.01. The van der Waals surface area contributed by atoms with E-state index in [4.69, 9.17) is 4.52 Å². The Morgan fingerprint density at radius 2 is 2.07 bits per heavy atom. The first-order chi connectivity index (χ1) is 14.3. The van der Waals surface area contributed by atoms with Crippen molar-refractivity contribution in [1.29, 1.82) is 0 Å². The van der Waals surface area contributed by atoms with Gasteiger partial charge in [0.2, 0.25) is 5.91 Å². The van der Waals surface area contributed by atoms with Gasteiger partial charge in [0.15, 0.2) is 5.76 Å². The predicted molar refractivity (Wildman–Crippen MR) is 122 cm³/mol. The molecule has 0 atom stereocenters. The highest BCUT2D eigenvalue weighted by atomic mass is 32.2. The van der Waals surface area contributed by atoms with Crippen molar-refractivity contribution in [3.8, 4) is 0 Å². The molecule has 30 heavy (non-hydrogen) atoms. The van der Waals surface area contributed by atoms with Crippen LogP contribution in [0.25, 0.3) is 12.2 Å². The Hall–Kier alpha value is -2.56. The number of aromatic nitrogens is 1. The number of aryl methyl sites for hydroxylation is 1. The van der Waals surface area contributed by atoms with Gasteiger partial charge in [-0.25, -0.2) is 8.42 Å². The first-order valence-electron chi connectivity index (χ1n) is 9.03. The zero-order chi connectivity index (χ0) is 21.7. The Morgan fingerprint density at radius 1 is 1.27 bits per heavy atom. The number of carbonyl (C=O) groups is 1. The van der Waals surface area contributed by atoms with Crippen molar-refractivity contribution in [1.82, 2.24) is 5.16 Å². The highest BCUT2D eigenvalue weighted by Crippen LogP contribution is 2.28. The van der Waals surface area contributed by atoms with Gasteiger partial charge in [-0.1, -0.05) is 18.1 Å². The molecule has 10 heteroatoms. The normalized spacial score (nSPS) is 11.7. The van der Waals surface area contributed by atoms with Crippen LogP contribution in [0.5, 0.6) is 0 Å². The van der Waals surface area contributed by atoms with Gasteiger partial charge in [0.1, 0.15) is 15.6 Å². The second-order valence-electron chi connectivity index (χ2n) is 6.24. The van der Waals surface area contributed by atoms with Crippen LogP contribution in [0, 0.1) is 6.92 Å². The molecule has 0 aliphatic heterocycles. The molecule has 3 rings (SSSR count). The first kappa shape index (κ1) is 22.1. The molecular formula is C20H21N3O4S3. The third-order valence-corrected chi connectivity index (χ3v) is 7.71. The molecule has 0 fully saturated rings. The van der Waals surface area contributed by atoms with E-state index in [9.17, 15) is 13.2 Å². The summed E-state index contributed by atoms with van der Waals surface area (Å²) >= 11 is 2.67. The fourth-order valence-electron chi connectivity index (χ4n) is 2.50. The van der Waals surface area contributed by atoms with Gasteiger partial charge >= 0.3 is 0 Å². The van der Waals surface area contributed by atoms with Crippen LogP contribution in [0.1, 0.15) is 29.7 Å². The molecule has 2 aromatic heterocycles. The fraction of sp³-hybridized carbons (Fsp3) is 0.200. The largest absolute Gasteiger partial charge is 0.354 e. The number of hydrogen-bond acceptors (Lipinski definition) is 7. The molecule has 0 unspecified atom stereocenters. The standard InChI is InChI=1S/C20H21N3O4S3/c1-4-18(24)21-20-13(2)22-27-17(20)10-8-15-9-11-19(29-15)30(25,26)23-14-6-5-7-16(12-14)28-3/h5-12,23H,4H2,1-3H3,(H,21,24)/b10-8+. The van der Waals surface area contributed by atoms with Crippen molar-refractivity contribution < 1.29 is 17.7 Å². The summed E-state index contributed by atoms with van der Waals surface area (Å²) in [5.41, 5.74) is 1.60. The molecule has 7 nitrogen and oxygen atoms in total. The Balaban J connectivity index is 1.77. The lowest BCUT2D eigenvalue weighted by Gasteiger charge is -2.07. The molecule has 1 aromatic carbocycles. The van der Waals surface area contributed by atoms with Crippen molar-refractivity contribution >= 4 is 62.6 Å². The molecule has 158 valence electrons. The molecule has 3 aromatic rings. The van der Waals surface area contributed by atoms with E-state index in [-0.39, 0.29) is 10.1 Å². The van der Waals surface area contributed by atoms with Gasteiger partial charge in [0.05, 0.1) is 0 Å². The zero-order valence-corrected chi connectivity index (χ0v) is 19.1. The molecule has 0 radical (unpaired) electrons. The van der Waals surface area contributed by atoms with E-state index in [2.05, 4.69) is 15.2 Å². The molecular weight excluding hydrogens is 442 g/mol. The van der Waals surface area contributed by atoms with Gasteiger partial charge in [-0.3, -0.25) is 9.52 Å². The monoisotopic (exact) mass is 463 g/mol. The van der Waals surface area contributed by atoms with E-state index in [1.165, 1.54) is 11.8 Å². The van der Waals surface area contributed by atoms with E-state index in [0.29, 0.717) is 29.2 Å². The van der Waals surface area contributed by atoms with Crippen LogP contribution >= 0.6 is 23.1 Å². The number of thiophene rings is 1. The quantitative estimate of drug-likeness (QED) is 0.452. The van der Waals surface area contributed by atoms with E-state index in [1.54, 1.807) is 56.3 Å². The lowest BCUT2D eigenvalue weighted by Crippen LogP contribution is -2.11. The predicted octanol–water partition coefficient (Wildman–Crippen LogP) is 5.09. The minimum absolute atomic E-state index is 0.142. The Labute approximate surface area is 183 Å². The molecule has 0 aliphatic rings. The highest BCUT2D eigenvalue weighted by Gasteiger charge is 2.17. The van der Waals surface area contributed by atoms with Crippen LogP contribution in [0.3, 0.4) is 0 Å². The topological polar surface area (TPSA) is 101 Å². The van der Waals surface area contributed by atoms with Crippen LogP contribution in [0.2, 0.25) is 0 Å².